The van der Waals surface area contributed by atoms with E-state index in [0.717, 1.165) is 27.9 Å². The largest absolute Gasteiger partial charge is 0.382 e. The predicted molar refractivity (Wildman–Crippen MR) is 88.6 cm³/mol. The predicted octanol–water partition coefficient (Wildman–Crippen LogP) is 4.94. The van der Waals surface area contributed by atoms with Gasteiger partial charge in [-0.3, -0.25) is 5.10 Å². The second kappa shape index (κ2) is 5.43. The Labute approximate surface area is 132 Å². The lowest BCUT2D eigenvalue weighted by atomic mass is 9.99. The molecule has 0 saturated carbocycles. The highest BCUT2D eigenvalue weighted by atomic mass is 35.5. The number of aromatic amines is 1. The van der Waals surface area contributed by atoms with Gasteiger partial charge in [-0.1, -0.05) is 53.0 Å². The van der Waals surface area contributed by atoms with Crippen molar-refractivity contribution >= 4 is 29.0 Å². The third kappa shape index (κ3) is 2.62. The molecular formula is C16H13Cl2N3. The first-order valence-electron chi connectivity index (χ1n) is 6.42. The number of nitrogens with zero attached hydrogens (tertiary/aromatic N) is 1. The Morgan fingerprint density at radius 1 is 1.10 bits per heavy atom. The fraction of sp³-hybridized carbons (Fsp3) is 0.0625. The lowest BCUT2D eigenvalue weighted by Gasteiger charge is -2.08. The molecule has 0 spiro atoms. The molecule has 3 nitrogen and oxygen atoms in total. The Balaban J connectivity index is 2.24. The summed E-state index contributed by atoms with van der Waals surface area (Å²) in [6.45, 7) is 2.03. The van der Waals surface area contributed by atoms with E-state index in [1.807, 2.05) is 25.1 Å². The average Bonchev–Trinajstić information content (AvgIpc) is 2.83. The van der Waals surface area contributed by atoms with E-state index in [4.69, 9.17) is 28.9 Å². The molecule has 2 aromatic carbocycles. The summed E-state index contributed by atoms with van der Waals surface area (Å²) in [7, 11) is 0. The van der Waals surface area contributed by atoms with Gasteiger partial charge >= 0.3 is 0 Å². The Morgan fingerprint density at radius 2 is 1.90 bits per heavy atom. The number of rotatable bonds is 2. The number of hydrogen-bond acceptors (Lipinski definition) is 2. The highest BCUT2D eigenvalue weighted by molar-refractivity contribution is 6.35. The van der Waals surface area contributed by atoms with E-state index in [1.54, 1.807) is 18.2 Å². The standard InChI is InChI=1S/C16H13Cl2N3/c1-9-3-2-4-10(7-9)14-15(20-21-16(14)19)12-8-11(17)5-6-13(12)18/h2-8H,1H3,(H3,19,20,21). The molecule has 21 heavy (non-hydrogen) atoms. The van der Waals surface area contributed by atoms with E-state index in [-0.39, 0.29) is 0 Å². The maximum absolute atomic E-state index is 6.28. The number of hydrogen-bond donors (Lipinski definition) is 2. The number of nitrogen functional groups attached to an aromatic ring is 1. The number of H-pyrrole nitrogens is 1. The zero-order chi connectivity index (χ0) is 15.0. The summed E-state index contributed by atoms with van der Waals surface area (Å²) in [5.74, 6) is 0.437. The van der Waals surface area contributed by atoms with Crippen LogP contribution in [0.25, 0.3) is 22.4 Å². The lowest BCUT2D eigenvalue weighted by molar-refractivity contribution is 1.10. The number of aromatic nitrogens is 2. The Kier molecular flexibility index (Phi) is 3.62. The topological polar surface area (TPSA) is 54.7 Å². The van der Waals surface area contributed by atoms with Crippen LogP contribution in [0.2, 0.25) is 10.0 Å². The molecular weight excluding hydrogens is 305 g/mol. The van der Waals surface area contributed by atoms with Gasteiger partial charge in [0.15, 0.2) is 5.82 Å². The van der Waals surface area contributed by atoms with E-state index in [2.05, 4.69) is 16.3 Å². The van der Waals surface area contributed by atoms with Crippen molar-refractivity contribution in [3.63, 3.8) is 0 Å². The zero-order valence-corrected chi connectivity index (χ0v) is 12.8. The average molecular weight is 318 g/mol. The van der Waals surface area contributed by atoms with Crippen molar-refractivity contribution in [2.45, 2.75) is 6.92 Å². The Bertz CT molecular complexity index is 809. The van der Waals surface area contributed by atoms with Gasteiger partial charge in [-0.2, -0.15) is 5.10 Å². The van der Waals surface area contributed by atoms with Crippen LogP contribution in [-0.2, 0) is 0 Å². The molecule has 3 aromatic rings. The number of benzene rings is 2. The molecule has 3 rings (SSSR count). The van der Waals surface area contributed by atoms with Crippen molar-refractivity contribution in [1.29, 1.82) is 0 Å². The second-order valence-electron chi connectivity index (χ2n) is 4.85. The van der Waals surface area contributed by atoms with Gasteiger partial charge in [0.05, 0.1) is 16.3 Å². The van der Waals surface area contributed by atoms with Gasteiger partial charge in [0.25, 0.3) is 0 Å². The van der Waals surface area contributed by atoms with Crippen LogP contribution < -0.4 is 5.73 Å². The van der Waals surface area contributed by atoms with Crippen LogP contribution in [0.1, 0.15) is 5.56 Å². The molecule has 3 N–H and O–H groups in total. The normalized spacial score (nSPS) is 10.8. The van der Waals surface area contributed by atoms with Crippen molar-refractivity contribution in [1.82, 2.24) is 10.2 Å². The van der Waals surface area contributed by atoms with Crippen LogP contribution in [0.15, 0.2) is 42.5 Å². The summed E-state index contributed by atoms with van der Waals surface area (Å²) < 4.78 is 0. The van der Waals surface area contributed by atoms with Crippen LogP contribution in [0.3, 0.4) is 0 Å². The van der Waals surface area contributed by atoms with Gasteiger partial charge < -0.3 is 5.73 Å². The monoisotopic (exact) mass is 317 g/mol. The summed E-state index contributed by atoms with van der Waals surface area (Å²) in [5.41, 5.74) is 10.6. The van der Waals surface area contributed by atoms with E-state index in [1.165, 1.54) is 0 Å². The number of nitrogens with two attached hydrogens (primary N) is 1. The van der Waals surface area contributed by atoms with Crippen molar-refractivity contribution in [2.24, 2.45) is 0 Å². The summed E-state index contributed by atoms with van der Waals surface area (Å²) >= 11 is 12.4. The summed E-state index contributed by atoms with van der Waals surface area (Å²) in [4.78, 5) is 0. The first-order chi connectivity index (χ1) is 10.1. The SMILES string of the molecule is Cc1cccc(-c2c(N)n[nH]c2-c2cc(Cl)ccc2Cl)c1. The number of halogens is 2. The van der Waals surface area contributed by atoms with Gasteiger partial charge in [0.1, 0.15) is 0 Å². The highest BCUT2D eigenvalue weighted by Gasteiger charge is 2.17. The Hall–Kier alpha value is -1.97. The fourth-order valence-electron chi connectivity index (χ4n) is 2.33. The molecule has 0 atom stereocenters. The summed E-state index contributed by atoms with van der Waals surface area (Å²) in [6, 6.07) is 13.4. The van der Waals surface area contributed by atoms with Crippen molar-refractivity contribution in [3.8, 4) is 22.4 Å². The number of nitrogens with one attached hydrogen (secondary N) is 1. The molecule has 0 saturated heterocycles. The van der Waals surface area contributed by atoms with Crippen LogP contribution >= 0.6 is 23.2 Å². The van der Waals surface area contributed by atoms with Crippen molar-refractivity contribution in [3.05, 3.63) is 58.1 Å². The summed E-state index contributed by atoms with van der Waals surface area (Å²) in [6.07, 6.45) is 0. The lowest BCUT2D eigenvalue weighted by Crippen LogP contribution is -1.89. The van der Waals surface area contributed by atoms with Gasteiger partial charge in [-0.05, 0) is 30.7 Å². The molecule has 5 heteroatoms. The smallest absolute Gasteiger partial charge is 0.153 e. The molecule has 0 aliphatic heterocycles. The molecule has 0 radical (unpaired) electrons. The minimum atomic E-state index is 0.437. The van der Waals surface area contributed by atoms with Crippen molar-refractivity contribution in [2.75, 3.05) is 5.73 Å². The van der Waals surface area contributed by atoms with Gasteiger partial charge in [-0.25, -0.2) is 0 Å². The van der Waals surface area contributed by atoms with Gasteiger partial charge in [0.2, 0.25) is 0 Å². The number of anilines is 1. The van der Waals surface area contributed by atoms with Crippen LogP contribution in [0, 0.1) is 6.92 Å². The molecule has 0 aliphatic rings. The Morgan fingerprint density at radius 3 is 2.67 bits per heavy atom. The molecule has 0 aliphatic carbocycles. The second-order valence-corrected chi connectivity index (χ2v) is 5.70. The maximum Gasteiger partial charge on any atom is 0.153 e. The fourth-order valence-corrected chi connectivity index (χ4v) is 2.72. The van der Waals surface area contributed by atoms with Gasteiger partial charge in [0, 0.05) is 10.6 Å². The third-order valence-corrected chi connectivity index (χ3v) is 3.86. The highest BCUT2D eigenvalue weighted by Crippen LogP contribution is 2.38. The molecule has 0 unspecified atom stereocenters. The number of aryl methyl sites for hydroxylation is 1. The van der Waals surface area contributed by atoms with Crippen LogP contribution in [-0.4, -0.2) is 10.2 Å². The van der Waals surface area contributed by atoms with E-state index < -0.39 is 0 Å². The summed E-state index contributed by atoms with van der Waals surface area (Å²) in [5, 5.41) is 8.28. The first kappa shape index (κ1) is 14.0. The first-order valence-corrected chi connectivity index (χ1v) is 7.18. The molecule has 0 bridgehead atoms. The minimum Gasteiger partial charge on any atom is -0.382 e. The minimum absolute atomic E-state index is 0.437. The van der Waals surface area contributed by atoms with Crippen molar-refractivity contribution < 1.29 is 0 Å². The quantitative estimate of drug-likeness (QED) is 0.703. The van der Waals surface area contributed by atoms with E-state index in [9.17, 15) is 0 Å². The maximum atomic E-state index is 6.28. The van der Waals surface area contributed by atoms with Gasteiger partial charge in [-0.15, -0.1) is 0 Å². The molecule has 0 fully saturated rings. The van der Waals surface area contributed by atoms with Crippen LogP contribution in [0.5, 0.6) is 0 Å². The molecule has 0 amide bonds. The molecule has 106 valence electrons. The van der Waals surface area contributed by atoms with E-state index in [0.29, 0.717) is 15.9 Å². The van der Waals surface area contributed by atoms with Crippen LogP contribution in [0.4, 0.5) is 5.82 Å². The van der Waals surface area contributed by atoms with E-state index >= 15 is 0 Å². The molecule has 1 heterocycles. The zero-order valence-electron chi connectivity index (χ0n) is 11.3. The third-order valence-electron chi connectivity index (χ3n) is 3.30. The molecule has 1 aromatic heterocycles.